The van der Waals surface area contributed by atoms with Gasteiger partial charge in [-0.1, -0.05) is 43.2 Å². The summed E-state index contributed by atoms with van der Waals surface area (Å²) in [5.41, 5.74) is 0.987. The summed E-state index contributed by atoms with van der Waals surface area (Å²) in [5, 5.41) is 18.2. The van der Waals surface area contributed by atoms with Crippen molar-refractivity contribution >= 4 is 11.9 Å². The number of carboxylic acid groups (broad SMARTS) is 1. The quantitative estimate of drug-likeness (QED) is 0.875. The molecule has 0 bridgehead atoms. The second-order valence-electron chi connectivity index (χ2n) is 5.99. The molecule has 0 saturated heterocycles. The zero-order valence-corrected chi connectivity index (χ0v) is 13.1. The first-order valence-corrected chi connectivity index (χ1v) is 8.06. The third kappa shape index (κ3) is 4.56. The molecule has 0 aliphatic heterocycles. The Labute approximate surface area is 136 Å². The van der Waals surface area contributed by atoms with Gasteiger partial charge in [0.2, 0.25) is 5.91 Å². The topological polar surface area (TPSA) is 81.4 Å². The lowest BCUT2D eigenvalue weighted by Gasteiger charge is -2.32. The van der Waals surface area contributed by atoms with Gasteiger partial charge in [0, 0.05) is 13.1 Å². The van der Waals surface area contributed by atoms with Gasteiger partial charge in [0.1, 0.15) is 0 Å². The van der Waals surface area contributed by atoms with Crippen LogP contribution in [0.2, 0.25) is 0 Å². The van der Waals surface area contributed by atoms with E-state index < -0.39 is 17.8 Å². The molecule has 0 heterocycles. The minimum absolute atomic E-state index is 0.129. The maximum atomic E-state index is 12.9. The number of carbonyl (C=O) groups is 2. The summed E-state index contributed by atoms with van der Waals surface area (Å²) in [6, 6.07) is 11.7. The van der Waals surface area contributed by atoms with Crippen molar-refractivity contribution in [2.75, 3.05) is 6.54 Å². The van der Waals surface area contributed by atoms with Crippen molar-refractivity contribution in [1.29, 1.82) is 5.26 Å². The smallest absolute Gasteiger partial charge is 0.307 e. The first-order valence-electron chi connectivity index (χ1n) is 8.06. The van der Waals surface area contributed by atoms with E-state index in [0.717, 1.165) is 18.4 Å². The number of nitrogens with zero attached hydrogens (tertiary/aromatic N) is 2. The van der Waals surface area contributed by atoms with E-state index in [4.69, 9.17) is 5.26 Å². The Morgan fingerprint density at radius 3 is 2.43 bits per heavy atom. The molecule has 1 amide bonds. The van der Waals surface area contributed by atoms with Gasteiger partial charge < -0.3 is 10.0 Å². The van der Waals surface area contributed by atoms with Crippen LogP contribution >= 0.6 is 0 Å². The van der Waals surface area contributed by atoms with E-state index in [1.54, 1.807) is 4.90 Å². The molecule has 5 heteroatoms. The largest absolute Gasteiger partial charge is 0.481 e. The Morgan fingerprint density at radius 1 is 1.17 bits per heavy atom. The fraction of sp³-hybridized carbons (Fsp3) is 0.500. The van der Waals surface area contributed by atoms with E-state index in [0.29, 0.717) is 25.9 Å². The second-order valence-corrected chi connectivity index (χ2v) is 5.99. The van der Waals surface area contributed by atoms with Gasteiger partial charge in [0.15, 0.2) is 0 Å². The minimum atomic E-state index is -0.886. The van der Waals surface area contributed by atoms with Gasteiger partial charge in [-0.15, -0.1) is 0 Å². The maximum Gasteiger partial charge on any atom is 0.307 e. The fourth-order valence-electron chi connectivity index (χ4n) is 3.21. The Hall–Kier alpha value is -2.35. The molecule has 1 saturated carbocycles. The number of amides is 1. The molecule has 0 unspecified atom stereocenters. The van der Waals surface area contributed by atoms with Crippen LogP contribution in [0.3, 0.4) is 0 Å². The molecule has 1 aliphatic rings. The van der Waals surface area contributed by atoms with Crippen LogP contribution in [0.4, 0.5) is 0 Å². The molecule has 2 atom stereocenters. The molecule has 0 aromatic heterocycles. The number of carboxylic acids is 1. The highest BCUT2D eigenvalue weighted by Crippen LogP contribution is 2.32. The van der Waals surface area contributed by atoms with Gasteiger partial charge in [-0.05, 0) is 18.4 Å². The van der Waals surface area contributed by atoms with E-state index in [9.17, 15) is 14.7 Å². The molecule has 122 valence electrons. The summed E-state index contributed by atoms with van der Waals surface area (Å²) in [6.45, 7) is 0.761. The third-order valence-corrected chi connectivity index (χ3v) is 4.42. The van der Waals surface area contributed by atoms with Gasteiger partial charge in [0.25, 0.3) is 0 Å². The number of hydrogen-bond donors (Lipinski definition) is 1. The molecule has 1 aromatic rings. The standard InChI is InChI=1S/C18H22N2O3/c19-11-6-12-20(13-14-7-2-1-3-8-14)17(21)15-9-4-5-10-16(15)18(22)23/h1-3,7-8,15-16H,4-6,9-10,12-13H2,(H,22,23)/t15-,16-/m0/s1. The van der Waals surface area contributed by atoms with E-state index in [1.807, 2.05) is 30.3 Å². The fourth-order valence-corrected chi connectivity index (χ4v) is 3.21. The van der Waals surface area contributed by atoms with Crippen LogP contribution in [0.25, 0.3) is 0 Å². The summed E-state index contributed by atoms with van der Waals surface area (Å²) in [7, 11) is 0. The summed E-state index contributed by atoms with van der Waals surface area (Å²) in [5.74, 6) is -2.08. The summed E-state index contributed by atoms with van der Waals surface area (Å²) in [4.78, 5) is 26.0. The molecule has 23 heavy (non-hydrogen) atoms. The van der Waals surface area contributed by atoms with Crippen LogP contribution in [0.15, 0.2) is 30.3 Å². The van der Waals surface area contributed by atoms with Crippen LogP contribution in [0.5, 0.6) is 0 Å². The molecular weight excluding hydrogens is 292 g/mol. The van der Waals surface area contributed by atoms with Gasteiger partial charge in [0.05, 0.1) is 24.3 Å². The second kappa shape index (κ2) is 8.33. The zero-order valence-electron chi connectivity index (χ0n) is 13.1. The van der Waals surface area contributed by atoms with E-state index >= 15 is 0 Å². The molecule has 1 fully saturated rings. The Balaban J connectivity index is 2.14. The van der Waals surface area contributed by atoms with Crippen LogP contribution in [0, 0.1) is 23.2 Å². The minimum Gasteiger partial charge on any atom is -0.481 e. The first-order chi connectivity index (χ1) is 11.1. The lowest BCUT2D eigenvalue weighted by atomic mass is 9.78. The van der Waals surface area contributed by atoms with Crippen molar-refractivity contribution < 1.29 is 14.7 Å². The highest BCUT2D eigenvalue weighted by molar-refractivity contribution is 5.85. The number of hydrogen-bond acceptors (Lipinski definition) is 3. The third-order valence-electron chi connectivity index (χ3n) is 4.42. The first kappa shape index (κ1) is 17.0. The van der Waals surface area contributed by atoms with Crippen LogP contribution < -0.4 is 0 Å². The summed E-state index contributed by atoms with van der Waals surface area (Å²) < 4.78 is 0. The average molecular weight is 314 g/mol. The highest BCUT2D eigenvalue weighted by atomic mass is 16.4. The summed E-state index contributed by atoms with van der Waals surface area (Å²) in [6.07, 6.45) is 3.18. The number of rotatable bonds is 6. The average Bonchev–Trinajstić information content (AvgIpc) is 2.58. The van der Waals surface area contributed by atoms with Crippen molar-refractivity contribution in [3.8, 4) is 6.07 Å². The molecule has 0 radical (unpaired) electrons. The Morgan fingerprint density at radius 2 is 1.83 bits per heavy atom. The van der Waals surface area contributed by atoms with Crippen molar-refractivity contribution in [2.24, 2.45) is 11.8 Å². The van der Waals surface area contributed by atoms with Crippen LogP contribution in [0.1, 0.15) is 37.7 Å². The van der Waals surface area contributed by atoms with Gasteiger partial charge in [-0.3, -0.25) is 9.59 Å². The molecule has 1 aromatic carbocycles. The molecule has 5 nitrogen and oxygen atoms in total. The zero-order chi connectivity index (χ0) is 16.7. The molecule has 1 aliphatic carbocycles. The molecule has 2 rings (SSSR count). The monoisotopic (exact) mass is 314 g/mol. The van der Waals surface area contributed by atoms with E-state index in [-0.39, 0.29) is 12.3 Å². The van der Waals surface area contributed by atoms with Crippen molar-refractivity contribution in [1.82, 2.24) is 4.90 Å². The van der Waals surface area contributed by atoms with Crippen LogP contribution in [-0.2, 0) is 16.1 Å². The van der Waals surface area contributed by atoms with Gasteiger partial charge in [-0.2, -0.15) is 5.26 Å². The number of nitriles is 1. The lowest BCUT2D eigenvalue weighted by Crippen LogP contribution is -2.42. The van der Waals surface area contributed by atoms with Crippen molar-refractivity contribution in [3.05, 3.63) is 35.9 Å². The Bertz CT molecular complexity index is 580. The number of aliphatic carboxylic acids is 1. The number of carbonyl (C=O) groups excluding carboxylic acids is 1. The summed E-state index contributed by atoms with van der Waals surface area (Å²) >= 11 is 0. The van der Waals surface area contributed by atoms with Crippen molar-refractivity contribution in [2.45, 2.75) is 38.6 Å². The molecule has 0 spiro atoms. The van der Waals surface area contributed by atoms with Crippen LogP contribution in [-0.4, -0.2) is 28.4 Å². The lowest BCUT2D eigenvalue weighted by molar-refractivity contribution is -0.152. The Kier molecular flexibility index (Phi) is 6.16. The predicted octanol–water partition coefficient (Wildman–Crippen LogP) is 2.82. The number of benzene rings is 1. The maximum absolute atomic E-state index is 12.9. The molecule has 1 N–H and O–H groups in total. The van der Waals surface area contributed by atoms with E-state index in [1.165, 1.54) is 0 Å². The predicted molar refractivity (Wildman–Crippen MR) is 85.2 cm³/mol. The van der Waals surface area contributed by atoms with Gasteiger partial charge >= 0.3 is 5.97 Å². The van der Waals surface area contributed by atoms with Crippen molar-refractivity contribution in [3.63, 3.8) is 0 Å². The normalized spacial score (nSPS) is 20.5. The SMILES string of the molecule is N#CCCN(Cc1ccccc1)C(=O)[C@H]1CCCC[C@@H]1C(=O)O. The van der Waals surface area contributed by atoms with E-state index in [2.05, 4.69) is 6.07 Å². The highest BCUT2D eigenvalue weighted by Gasteiger charge is 2.37. The molecular formula is C18H22N2O3. The van der Waals surface area contributed by atoms with Gasteiger partial charge in [-0.25, -0.2) is 0 Å².